The van der Waals surface area contributed by atoms with Crippen molar-refractivity contribution in [3.8, 4) is 11.5 Å². The Hall–Kier alpha value is -2.71. The van der Waals surface area contributed by atoms with Crippen molar-refractivity contribution < 1.29 is 9.47 Å². The molecule has 4 aromatic rings. The molecule has 0 aliphatic carbocycles. The Morgan fingerprint density at radius 3 is 2.90 bits per heavy atom. The van der Waals surface area contributed by atoms with Gasteiger partial charge in [0.25, 0.3) is 5.56 Å². The second-order valence-electron chi connectivity index (χ2n) is 7.40. The van der Waals surface area contributed by atoms with Crippen molar-refractivity contribution in [2.45, 2.75) is 43.6 Å². The summed E-state index contributed by atoms with van der Waals surface area (Å²) in [5.74, 6) is 2.45. The van der Waals surface area contributed by atoms with Crippen LogP contribution in [0.2, 0.25) is 5.02 Å². The van der Waals surface area contributed by atoms with Crippen molar-refractivity contribution in [1.29, 1.82) is 0 Å². The standard InChI is InChI=1S/C22H21ClN4O3S/c1-2-3-6-9-26-20(28)15-7-4-5-8-17(15)27-21(26)24-25-22(27)31-12-14-10-16(23)19-18(11-14)29-13-30-19/h4-5,7-8,10-11H,2-3,6,9,12-13H2,1H3. The summed E-state index contributed by atoms with van der Waals surface area (Å²) in [6.45, 7) is 2.95. The maximum absolute atomic E-state index is 13.1. The van der Waals surface area contributed by atoms with E-state index in [9.17, 15) is 4.79 Å². The molecule has 160 valence electrons. The third kappa shape index (κ3) is 3.64. The molecule has 0 saturated carbocycles. The molecule has 1 aliphatic rings. The van der Waals surface area contributed by atoms with Crippen molar-refractivity contribution in [2.24, 2.45) is 0 Å². The van der Waals surface area contributed by atoms with E-state index < -0.39 is 0 Å². The molecule has 0 N–H and O–H groups in total. The summed E-state index contributed by atoms with van der Waals surface area (Å²) in [5, 5.41) is 10.7. The highest BCUT2D eigenvalue weighted by Gasteiger charge is 2.20. The lowest BCUT2D eigenvalue weighted by Crippen LogP contribution is -2.23. The van der Waals surface area contributed by atoms with Crippen LogP contribution in [-0.2, 0) is 12.3 Å². The Balaban J connectivity index is 1.54. The lowest BCUT2D eigenvalue weighted by Gasteiger charge is -2.11. The van der Waals surface area contributed by atoms with Crippen LogP contribution in [0.4, 0.5) is 0 Å². The van der Waals surface area contributed by atoms with Crippen LogP contribution in [0.1, 0.15) is 31.7 Å². The molecule has 5 rings (SSSR count). The number of nitrogens with zero attached hydrogens (tertiary/aromatic N) is 4. The van der Waals surface area contributed by atoms with E-state index in [0.717, 1.165) is 35.5 Å². The fraction of sp³-hybridized carbons (Fsp3) is 0.318. The van der Waals surface area contributed by atoms with Crippen molar-refractivity contribution in [3.05, 3.63) is 57.3 Å². The zero-order valence-electron chi connectivity index (χ0n) is 17.0. The van der Waals surface area contributed by atoms with E-state index in [2.05, 4.69) is 17.1 Å². The predicted molar refractivity (Wildman–Crippen MR) is 121 cm³/mol. The third-order valence-electron chi connectivity index (χ3n) is 5.32. The SMILES string of the molecule is CCCCCn1c(=O)c2ccccc2n2c(SCc3cc(Cl)c4c(c3)OCO4)nnc12. The van der Waals surface area contributed by atoms with Crippen molar-refractivity contribution in [1.82, 2.24) is 19.2 Å². The molecule has 0 spiro atoms. The summed E-state index contributed by atoms with van der Waals surface area (Å²) in [7, 11) is 0. The minimum Gasteiger partial charge on any atom is -0.454 e. The molecule has 0 atom stereocenters. The van der Waals surface area contributed by atoms with Gasteiger partial charge in [0.1, 0.15) is 0 Å². The molecule has 3 heterocycles. The van der Waals surface area contributed by atoms with E-state index in [1.807, 2.05) is 40.8 Å². The van der Waals surface area contributed by atoms with E-state index in [1.54, 1.807) is 16.3 Å². The number of unbranched alkanes of at least 4 members (excludes halogenated alkanes) is 2. The van der Waals surface area contributed by atoms with Gasteiger partial charge in [-0.15, -0.1) is 10.2 Å². The molecule has 2 aromatic carbocycles. The molecule has 0 saturated heterocycles. The highest BCUT2D eigenvalue weighted by molar-refractivity contribution is 7.98. The molecule has 0 fully saturated rings. The Morgan fingerprint density at radius 2 is 2.03 bits per heavy atom. The van der Waals surface area contributed by atoms with Crippen LogP contribution in [0.5, 0.6) is 11.5 Å². The smallest absolute Gasteiger partial charge is 0.262 e. The first-order valence-electron chi connectivity index (χ1n) is 10.2. The summed E-state index contributed by atoms with van der Waals surface area (Å²) in [4.78, 5) is 13.1. The second kappa shape index (κ2) is 8.43. The lowest BCUT2D eigenvalue weighted by atomic mass is 10.2. The number of aryl methyl sites for hydroxylation is 1. The fourth-order valence-electron chi connectivity index (χ4n) is 3.80. The number of para-hydroxylation sites is 1. The van der Waals surface area contributed by atoms with Crippen LogP contribution in [-0.4, -0.2) is 26.0 Å². The average molecular weight is 457 g/mol. The van der Waals surface area contributed by atoms with E-state index in [4.69, 9.17) is 21.1 Å². The van der Waals surface area contributed by atoms with Gasteiger partial charge in [0.05, 0.1) is 15.9 Å². The fourth-order valence-corrected chi connectivity index (χ4v) is 4.96. The largest absolute Gasteiger partial charge is 0.454 e. The monoisotopic (exact) mass is 456 g/mol. The van der Waals surface area contributed by atoms with E-state index >= 15 is 0 Å². The molecule has 0 unspecified atom stereocenters. The molecule has 31 heavy (non-hydrogen) atoms. The van der Waals surface area contributed by atoms with E-state index in [0.29, 0.717) is 40.0 Å². The molecule has 9 heteroatoms. The second-order valence-corrected chi connectivity index (χ2v) is 8.75. The molecule has 0 bridgehead atoms. The van der Waals surface area contributed by atoms with Gasteiger partial charge in [0.2, 0.25) is 12.6 Å². The van der Waals surface area contributed by atoms with Crippen molar-refractivity contribution in [3.63, 3.8) is 0 Å². The van der Waals surface area contributed by atoms with Gasteiger partial charge in [-0.1, -0.05) is 55.3 Å². The quantitative estimate of drug-likeness (QED) is 0.290. The molecule has 0 radical (unpaired) electrons. The number of hydrogen-bond donors (Lipinski definition) is 0. The third-order valence-corrected chi connectivity index (χ3v) is 6.60. The number of rotatable bonds is 7. The Bertz CT molecular complexity index is 1330. The number of hydrogen-bond acceptors (Lipinski definition) is 6. The van der Waals surface area contributed by atoms with Gasteiger partial charge in [-0.05, 0) is 36.2 Å². The van der Waals surface area contributed by atoms with Crippen LogP contribution in [0.25, 0.3) is 16.7 Å². The maximum atomic E-state index is 13.1. The van der Waals surface area contributed by atoms with Gasteiger partial charge in [-0.25, -0.2) is 0 Å². The lowest BCUT2D eigenvalue weighted by molar-refractivity contribution is 0.174. The number of benzene rings is 2. The molecular weight excluding hydrogens is 436 g/mol. The number of aromatic nitrogens is 4. The summed E-state index contributed by atoms with van der Waals surface area (Å²) < 4.78 is 14.6. The zero-order valence-corrected chi connectivity index (χ0v) is 18.6. The van der Waals surface area contributed by atoms with Crippen LogP contribution in [0.15, 0.2) is 46.3 Å². The molecule has 2 aromatic heterocycles. The number of fused-ring (bicyclic) bond motifs is 4. The minimum atomic E-state index is -0.0225. The number of halogens is 1. The normalized spacial score (nSPS) is 12.8. The van der Waals surface area contributed by atoms with Gasteiger partial charge >= 0.3 is 0 Å². The van der Waals surface area contributed by atoms with Gasteiger partial charge in [-0.2, -0.15) is 0 Å². The van der Waals surface area contributed by atoms with Crippen molar-refractivity contribution >= 4 is 40.0 Å². The van der Waals surface area contributed by atoms with Crippen LogP contribution >= 0.6 is 23.4 Å². The first kappa shape index (κ1) is 20.2. The highest BCUT2D eigenvalue weighted by Crippen LogP contribution is 2.40. The van der Waals surface area contributed by atoms with Crippen molar-refractivity contribution in [2.75, 3.05) is 6.79 Å². The van der Waals surface area contributed by atoms with Crippen LogP contribution in [0.3, 0.4) is 0 Å². The summed E-state index contributed by atoms with van der Waals surface area (Å²) >= 11 is 7.86. The Kier molecular flexibility index (Phi) is 5.50. The molecule has 1 aliphatic heterocycles. The highest BCUT2D eigenvalue weighted by atomic mass is 35.5. The van der Waals surface area contributed by atoms with Gasteiger partial charge in [0, 0.05) is 12.3 Å². The first-order valence-corrected chi connectivity index (χ1v) is 11.6. The predicted octanol–water partition coefficient (Wildman–Crippen LogP) is 4.91. The zero-order chi connectivity index (χ0) is 21.4. The Labute approximate surface area is 187 Å². The van der Waals surface area contributed by atoms with Crippen LogP contribution < -0.4 is 15.0 Å². The number of ether oxygens (including phenoxy) is 2. The average Bonchev–Trinajstić information content (AvgIpc) is 3.42. The number of thioether (sulfide) groups is 1. The first-order chi connectivity index (χ1) is 15.2. The maximum Gasteiger partial charge on any atom is 0.262 e. The molecule has 7 nitrogen and oxygen atoms in total. The van der Waals surface area contributed by atoms with Gasteiger partial charge in [0.15, 0.2) is 16.7 Å². The molecular formula is C22H21ClN4O3S. The van der Waals surface area contributed by atoms with E-state index in [1.165, 1.54) is 0 Å². The van der Waals surface area contributed by atoms with Gasteiger partial charge < -0.3 is 9.47 Å². The topological polar surface area (TPSA) is 70.7 Å². The summed E-state index contributed by atoms with van der Waals surface area (Å²) in [6.07, 6.45) is 3.08. The minimum absolute atomic E-state index is 0.0225. The molecule has 0 amide bonds. The Morgan fingerprint density at radius 1 is 1.16 bits per heavy atom. The van der Waals surface area contributed by atoms with E-state index in [-0.39, 0.29) is 12.4 Å². The van der Waals surface area contributed by atoms with Gasteiger partial charge in [-0.3, -0.25) is 13.8 Å². The summed E-state index contributed by atoms with van der Waals surface area (Å²) in [6, 6.07) is 11.4. The van der Waals surface area contributed by atoms with Crippen LogP contribution in [0, 0.1) is 0 Å². The summed E-state index contributed by atoms with van der Waals surface area (Å²) in [5.41, 5.74) is 1.78.